The molecule has 0 fully saturated rings. The van der Waals surface area contributed by atoms with E-state index >= 15 is 0 Å². The second kappa shape index (κ2) is 7.02. The van der Waals surface area contributed by atoms with Gasteiger partial charge in [0, 0.05) is 32.7 Å². The van der Waals surface area contributed by atoms with Crippen LogP contribution in [0.3, 0.4) is 0 Å². The van der Waals surface area contributed by atoms with Crippen LogP contribution in [0, 0.1) is 0 Å². The highest BCUT2D eigenvalue weighted by atomic mass is 16.5. The number of hydrogen-bond donors (Lipinski definition) is 1. The number of nitrogens with two attached hydrogens (primary N) is 1. The fourth-order valence-electron chi connectivity index (χ4n) is 2.04. The van der Waals surface area contributed by atoms with Crippen molar-refractivity contribution in [1.29, 1.82) is 0 Å². The lowest BCUT2D eigenvalue weighted by atomic mass is 10.2. The first-order chi connectivity index (χ1) is 9.76. The third-order valence-electron chi connectivity index (χ3n) is 3.03. The predicted octanol–water partition coefficient (Wildman–Crippen LogP) is 1.31. The lowest BCUT2D eigenvalue weighted by Gasteiger charge is -2.24. The summed E-state index contributed by atoms with van der Waals surface area (Å²) in [5, 5.41) is 0.980. The third kappa shape index (κ3) is 3.34. The molecule has 0 atom stereocenters. The van der Waals surface area contributed by atoms with Gasteiger partial charge in [-0.15, -0.1) is 0 Å². The van der Waals surface area contributed by atoms with Gasteiger partial charge in [-0.3, -0.25) is 0 Å². The van der Waals surface area contributed by atoms with Crippen LogP contribution in [0.1, 0.15) is 0 Å². The Labute approximate surface area is 118 Å². The van der Waals surface area contributed by atoms with Crippen LogP contribution in [-0.4, -0.2) is 50.5 Å². The average molecular weight is 276 g/mol. The number of nitrogen functional groups attached to an aromatic ring is 1. The summed E-state index contributed by atoms with van der Waals surface area (Å²) in [4.78, 5) is 10.8. The Bertz CT molecular complexity index is 554. The van der Waals surface area contributed by atoms with Crippen molar-refractivity contribution in [2.75, 3.05) is 51.2 Å². The number of hydrogen-bond acceptors (Lipinski definition) is 6. The summed E-state index contributed by atoms with van der Waals surface area (Å²) in [5.74, 6) is 1.10. The lowest BCUT2D eigenvalue weighted by Crippen LogP contribution is -2.31. The van der Waals surface area contributed by atoms with Gasteiger partial charge in [0.05, 0.1) is 18.7 Å². The van der Waals surface area contributed by atoms with Crippen molar-refractivity contribution in [2.24, 2.45) is 0 Å². The van der Waals surface area contributed by atoms with E-state index in [1.165, 1.54) is 0 Å². The molecule has 6 nitrogen and oxygen atoms in total. The van der Waals surface area contributed by atoms with Crippen LogP contribution in [0.25, 0.3) is 10.9 Å². The number of rotatable bonds is 7. The molecule has 0 aliphatic carbocycles. The summed E-state index contributed by atoms with van der Waals surface area (Å²) in [6.45, 7) is 2.67. The van der Waals surface area contributed by atoms with E-state index in [-0.39, 0.29) is 5.95 Å². The zero-order valence-corrected chi connectivity index (χ0v) is 11.9. The Morgan fingerprint density at radius 1 is 1.05 bits per heavy atom. The number of ether oxygens (including phenoxy) is 2. The molecule has 0 amide bonds. The molecule has 1 heterocycles. The molecular weight excluding hydrogens is 256 g/mol. The quantitative estimate of drug-likeness (QED) is 0.822. The Hall–Kier alpha value is -1.92. The Morgan fingerprint density at radius 3 is 2.35 bits per heavy atom. The monoisotopic (exact) mass is 276 g/mol. The highest BCUT2D eigenvalue weighted by molar-refractivity contribution is 5.90. The molecule has 0 aliphatic rings. The topological polar surface area (TPSA) is 73.5 Å². The van der Waals surface area contributed by atoms with Crippen LogP contribution in [-0.2, 0) is 9.47 Å². The van der Waals surface area contributed by atoms with Crippen LogP contribution in [0.5, 0.6) is 0 Å². The highest BCUT2D eigenvalue weighted by Crippen LogP contribution is 2.24. The van der Waals surface area contributed by atoms with Gasteiger partial charge in [-0.2, -0.15) is 4.98 Å². The molecule has 2 aromatic rings. The van der Waals surface area contributed by atoms with E-state index in [0.717, 1.165) is 29.8 Å². The fourth-order valence-corrected chi connectivity index (χ4v) is 2.04. The number of nitrogens with zero attached hydrogens (tertiary/aromatic N) is 3. The number of methoxy groups -OCH3 is 2. The van der Waals surface area contributed by atoms with E-state index in [9.17, 15) is 0 Å². The van der Waals surface area contributed by atoms with E-state index in [1.807, 2.05) is 24.3 Å². The Balaban J connectivity index is 2.39. The molecule has 6 heteroatoms. The van der Waals surface area contributed by atoms with E-state index in [4.69, 9.17) is 15.2 Å². The van der Waals surface area contributed by atoms with Crippen LogP contribution in [0.2, 0.25) is 0 Å². The predicted molar refractivity (Wildman–Crippen MR) is 79.9 cm³/mol. The maximum atomic E-state index is 5.81. The molecule has 2 rings (SSSR count). The van der Waals surface area contributed by atoms with E-state index < -0.39 is 0 Å². The van der Waals surface area contributed by atoms with Gasteiger partial charge in [0.15, 0.2) is 0 Å². The number of para-hydroxylation sites is 1. The molecule has 108 valence electrons. The molecule has 1 aromatic carbocycles. The van der Waals surface area contributed by atoms with E-state index in [0.29, 0.717) is 13.2 Å². The van der Waals surface area contributed by atoms with Crippen molar-refractivity contribution in [2.45, 2.75) is 0 Å². The number of benzene rings is 1. The minimum absolute atomic E-state index is 0.276. The summed E-state index contributed by atoms with van der Waals surface area (Å²) < 4.78 is 10.3. The molecule has 0 aliphatic heterocycles. The van der Waals surface area contributed by atoms with E-state index in [2.05, 4.69) is 14.9 Å². The van der Waals surface area contributed by atoms with Gasteiger partial charge < -0.3 is 20.1 Å². The first-order valence-corrected chi connectivity index (χ1v) is 6.51. The second-order valence-corrected chi connectivity index (χ2v) is 4.40. The Morgan fingerprint density at radius 2 is 1.70 bits per heavy atom. The minimum atomic E-state index is 0.276. The molecule has 0 spiro atoms. The van der Waals surface area contributed by atoms with Crippen LogP contribution < -0.4 is 10.6 Å². The molecule has 0 saturated heterocycles. The van der Waals surface area contributed by atoms with Crippen molar-refractivity contribution < 1.29 is 9.47 Å². The largest absolute Gasteiger partial charge is 0.383 e. The lowest BCUT2D eigenvalue weighted by molar-refractivity contribution is 0.190. The average Bonchev–Trinajstić information content (AvgIpc) is 2.46. The standard InChI is InChI=1S/C14H20N4O2/c1-19-9-7-18(8-10-20-2)13-11-5-3-4-6-12(11)16-14(15)17-13/h3-6H,7-10H2,1-2H3,(H2,15,16,17). The summed E-state index contributed by atoms with van der Waals surface area (Å²) in [6.07, 6.45) is 0. The van der Waals surface area contributed by atoms with Crippen LogP contribution in [0.4, 0.5) is 11.8 Å². The van der Waals surface area contributed by atoms with Gasteiger partial charge in [0.2, 0.25) is 5.95 Å². The fraction of sp³-hybridized carbons (Fsp3) is 0.429. The maximum Gasteiger partial charge on any atom is 0.222 e. The summed E-state index contributed by atoms with van der Waals surface area (Å²) in [6, 6.07) is 7.84. The molecular formula is C14H20N4O2. The first-order valence-electron chi connectivity index (χ1n) is 6.51. The van der Waals surface area contributed by atoms with Gasteiger partial charge in [0.25, 0.3) is 0 Å². The molecule has 0 bridgehead atoms. The summed E-state index contributed by atoms with van der Waals surface area (Å²) >= 11 is 0. The maximum absolute atomic E-state index is 5.81. The number of anilines is 2. The number of fused-ring (bicyclic) bond motifs is 1. The second-order valence-electron chi connectivity index (χ2n) is 4.40. The van der Waals surface area contributed by atoms with Gasteiger partial charge in [0.1, 0.15) is 5.82 Å². The number of aromatic nitrogens is 2. The first kappa shape index (κ1) is 14.5. The Kier molecular flexibility index (Phi) is 5.09. The molecule has 20 heavy (non-hydrogen) atoms. The smallest absolute Gasteiger partial charge is 0.222 e. The van der Waals surface area contributed by atoms with Gasteiger partial charge in [-0.1, -0.05) is 12.1 Å². The van der Waals surface area contributed by atoms with E-state index in [1.54, 1.807) is 14.2 Å². The molecule has 1 aromatic heterocycles. The van der Waals surface area contributed by atoms with Crippen molar-refractivity contribution in [3.05, 3.63) is 24.3 Å². The van der Waals surface area contributed by atoms with Crippen LogP contribution in [0.15, 0.2) is 24.3 Å². The zero-order valence-electron chi connectivity index (χ0n) is 11.9. The molecule has 2 N–H and O–H groups in total. The van der Waals surface area contributed by atoms with Gasteiger partial charge >= 0.3 is 0 Å². The minimum Gasteiger partial charge on any atom is -0.383 e. The van der Waals surface area contributed by atoms with Crippen molar-refractivity contribution >= 4 is 22.7 Å². The van der Waals surface area contributed by atoms with Crippen LogP contribution >= 0.6 is 0 Å². The summed E-state index contributed by atoms with van der Waals surface area (Å²) in [5.41, 5.74) is 6.65. The normalized spacial score (nSPS) is 10.9. The molecule has 0 radical (unpaired) electrons. The zero-order chi connectivity index (χ0) is 14.4. The van der Waals surface area contributed by atoms with Crippen molar-refractivity contribution in [1.82, 2.24) is 9.97 Å². The molecule has 0 unspecified atom stereocenters. The highest BCUT2D eigenvalue weighted by Gasteiger charge is 2.13. The van der Waals surface area contributed by atoms with Crippen molar-refractivity contribution in [3.8, 4) is 0 Å². The molecule has 0 saturated carbocycles. The third-order valence-corrected chi connectivity index (χ3v) is 3.03. The van der Waals surface area contributed by atoms with Crippen molar-refractivity contribution in [3.63, 3.8) is 0 Å². The SMILES string of the molecule is COCCN(CCOC)c1nc(N)nc2ccccc12. The van der Waals surface area contributed by atoms with Gasteiger partial charge in [-0.05, 0) is 12.1 Å². The summed E-state index contributed by atoms with van der Waals surface area (Å²) in [7, 11) is 3.36. The van der Waals surface area contributed by atoms with Gasteiger partial charge in [-0.25, -0.2) is 4.98 Å².